The van der Waals surface area contributed by atoms with Crippen molar-refractivity contribution >= 4 is 11.9 Å². The molecule has 0 aliphatic heterocycles. The molecule has 6 nitrogen and oxygen atoms in total. The molecular formula is C12H20O6-2. The fourth-order valence-electron chi connectivity index (χ4n) is 2.15. The molecule has 0 saturated heterocycles. The van der Waals surface area contributed by atoms with E-state index in [1.165, 1.54) is 0 Å². The van der Waals surface area contributed by atoms with Crippen LogP contribution in [0, 0.1) is 0 Å². The largest absolute Gasteiger partial charge is 0.550 e. The number of carbonyl (C=O) groups is 2. The van der Waals surface area contributed by atoms with Gasteiger partial charge in [0.1, 0.15) is 0 Å². The Morgan fingerprint density at radius 1 is 0.778 bits per heavy atom. The summed E-state index contributed by atoms with van der Waals surface area (Å²) in [6, 6.07) is 0. The smallest absolute Gasteiger partial charge is 0.0651 e. The van der Waals surface area contributed by atoms with Crippen molar-refractivity contribution in [3.8, 4) is 0 Å². The predicted molar refractivity (Wildman–Crippen MR) is 59.0 cm³/mol. The standard InChI is InChI=1S/C8H14O2.2C2H4O2/c9-7-1-2-8(10,5-3-7)6-4-7;2*1-2(3)4/h9-10H,1-6H2;2*1H3,(H,3,4)/p-2. The Kier molecular flexibility index (Phi) is 6.28. The molecule has 0 radical (unpaired) electrons. The number of aliphatic hydroxyl groups is 2. The Morgan fingerprint density at radius 3 is 1.00 bits per heavy atom. The fourth-order valence-corrected chi connectivity index (χ4v) is 2.15. The zero-order chi connectivity index (χ0) is 14.4. The lowest BCUT2D eigenvalue weighted by molar-refractivity contribution is -0.303. The second-order valence-electron chi connectivity index (χ2n) is 4.93. The van der Waals surface area contributed by atoms with E-state index in [2.05, 4.69) is 0 Å². The zero-order valence-electron chi connectivity index (χ0n) is 10.8. The van der Waals surface area contributed by atoms with Crippen LogP contribution in [0.4, 0.5) is 0 Å². The van der Waals surface area contributed by atoms with Crippen molar-refractivity contribution in [1.82, 2.24) is 0 Å². The Balaban J connectivity index is 0.000000307. The average Bonchev–Trinajstić information content (AvgIpc) is 2.19. The SMILES string of the molecule is CC(=O)[O-].CC(=O)[O-].OC12CCC(O)(CC1)CC2. The van der Waals surface area contributed by atoms with Crippen molar-refractivity contribution in [2.75, 3.05) is 0 Å². The highest BCUT2D eigenvalue weighted by Gasteiger charge is 2.46. The van der Waals surface area contributed by atoms with E-state index in [-0.39, 0.29) is 0 Å². The van der Waals surface area contributed by atoms with Gasteiger partial charge in [0.2, 0.25) is 0 Å². The topological polar surface area (TPSA) is 121 Å². The van der Waals surface area contributed by atoms with Crippen LogP contribution in [-0.2, 0) is 9.59 Å². The first kappa shape index (κ1) is 16.9. The Bertz CT molecular complexity index is 236. The van der Waals surface area contributed by atoms with Crippen molar-refractivity contribution in [2.45, 2.75) is 63.6 Å². The average molecular weight is 260 g/mol. The third-order valence-corrected chi connectivity index (χ3v) is 3.17. The van der Waals surface area contributed by atoms with Crippen LogP contribution in [0.1, 0.15) is 52.4 Å². The van der Waals surface area contributed by atoms with E-state index < -0.39 is 23.1 Å². The van der Waals surface area contributed by atoms with E-state index in [4.69, 9.17) is 19.8 Å². The van der Waals surface area contributed by atoms with Crippen molar-refractivity contribution < 1.29 is 30.0 Å². The summed E-state index contributed by atoms with van der Waals surface area (Å²) >= 11 is 0. The van der Waals surface area contributed by atoms with E-state index in [9.17, 15) is 10.2 Å². The number of rotatable bonds is 0. The second-order valence-corrected chi connectivity index (χ2v) is 4.93. The van der Waals surface area contributed by atoms with Gasteiger partial charge in [0, 0.05) is 11.9 Å². The lowest BCUT2D eigenvalue weighted by Gasteiger charge is -2.47. The number of fused-ring (bicyclic) bond motifs is 3. The van der Waals surface area contributed by atoms with Gasteiger partial charge in [-0.05, 0) is 52.4 Å². The van der Waals surface area contributed by atoms with Crippen LogP contribution in [0.5, 0.6) is 0 Å². The molecule has 0 heterocycles. The highest BCUT2D eigenvalue weighted by atomic mass is 16.4. The van der Waals surface area contributed by atoms with Gasteiger partial charge in [-0.25, -0.2) is 0 Å². The molecule has 0 atom stereocenters. The molecule has 3 aliphatic rings. The maximum absolute atomic E-state index is 9.72. The summed E-state index contributed by atoms with van der Waals surface area (Å²) in [5.41, 5.74) is -0.797. The van der Waals surface area contributed by atoms with Gasteiger partial charge >= 0.3 is 0 Å². The third-order valence-electron chi connectivity index (χ3n) is 3.17. The molecule has 0 unspecified atom stereocenters. The van der Waals surface area contributed by atoms with Crippen molar-refractivity contribution in [3.63, 3.8) is 0 Å². The molecule has 0 amide bonds. The van der Waals surface area contributed by atoms with Gasteiger partial charge in [-0.15, -0.1) is 0 Å². The Labute approximate surface area is 106 Å². The maximum Gasteiger partial charge on any atom is 0.0651 e. The minimum absolute atomic E-state index is 0.398. The molecule has 0 aromatic rings. The molecule has 3 saturated carbocycles. The maximum atomic E-state index is 9.72. The van der Waals surface area contributed by atoms with Gasteiger partial charge < -0.3 is 30.0 Å². The molecular weight excluding hydrogens is 240 g/mol. The van der Waals surface area contributed by atoms with Gasteiger partial charge in [-0.3, -0.25) is 0 Å². The molecule has 3 rings (SSSR count). The van der Waals surface area contributed by atoms with E-state index in [0.29, 0.717) is 0 Å². The third kappa shape index (κ3) is 7.24. The predicted octanol–water partition coefficient (Wildman–Crippen LogP) is -1.67. The zero-order valence-corrected chi connectivity index (χ0v) is 10.8. The summed E-state index contributed by atoms with van der Waals surface area (Å²) in [4.78, 5) is 17.8. The van der Waals surface area contributed by atoms with Crippen LogP contribution < -0.4 is 10.2 Å². The van der Waals surface area contributed by atoms with Gasteiger partial charge in [-0.2, -0.15) is 0 Å². The normalized spacial score (nSPS) is 32.4. The lowest BCUT2D eigenvalue weighted by Crippen LogP contribution is -2.49. The number of aliphatic carboxylic acids is 2. The molecule has 2 bridgehead atoms. The molecule has 3 fully saturated rings. The quantitative estimate of drug-likeness (QED) is 0.537. The molecule has 0 aromatic carbocycles. The molecule has 0 aromatic heterocycles. The van der Waals surface area contributed by atoms with Crippen molar-refractivity contribution in [3.05, 3.63) is 0 Å². The number of carbonyl (C=O) groups excluding carboxylic acids is 2. The van der Waals surface area contributed by atoms with Gasteiger partial charge in [0.05, 0.1) is 11.2 Å². The molecule has 6 heteroatoms. The second kappa shape index (κ2) is 6.70. The van der Waals surface area contributed by atoms with Crippen LogP contribution in [0.3, 0.4) is 0 Å². The highest BCUT2D eigenvalue weighted by Crippen LogP contribution is 2.46. The monoisotopic (exact) mass is 260 g/mol. The van der Waals surface area contributed by atoms with Gasteiger partial charge in [-0.1, -0.05) is 0 Å². The highest BCUT2D eigenvalue weighted by molar-refractivity contribution is 5.60. The number of hydrogen-bond donors (Lipinski definition) is 2. The molecule has 0 spiro atoms. The van der Waals surface area contributed by atoms with Crippen molar-refractivity contribution in [2.24, 2.45) is 0 Å². The lowest BCUT2D eigenvalue weighted by atomic mass is 9.65. The van der Waals surface area contributed by atoms with Crippen LogP contribution >= 0.6 is 0 Å². The fraction of sp³-hybridized carbons (Fsp3) is 0.833. The minimum Gasteiger partial charge on any atom is -0.550 e. The van der Waals surface area contributed by atoms with E-state index in [1.807, 2.05) is 0 Å². The first-order valence-corrected chi connectivity index (χ1v) is 5.89. The number of carboxylic acid groups (broad SMARTS) is 2. The van der Waals surface area contributed by atoms with Crippen LogP contribution in [-0.4, -0.2) is 33.4 Å². The number of carboxylic acids is 2. The molecule has 106 valence electrons. The van der Waals surface area contributed by atoms with Gasteiger partial charge in [0.15, 0.2) is 0 Å². The van der Waals surface area contributed by atoms with E-state index in [1.54, 1.807) is 0 Å². The first-order valence-electron chi connectivity index (χ1n) is 5.89. The van der Waals surface area contributed by atoms with Crippen LogP contribution in [0.15, 0.2) is 0 Å². The number of hydrogen-bond acceptors (Lipinski definition) is 6. The summed E-state index contributed by atoms with van der Waals surface area (Å²) in [7, 11) is 0. The summed E-state index contributed by atoms with van der Waals surface area (Å²) in [6.45, 7) is 1.94. The van der Waals surface area contributed by atoms with Crippen LogP contribution in [0.25, 0.3) is 0 Å². The Morgan fingerprint density at radius 2 is 0.889 bits per heavy atom. The summed E-state index contributed by atoms with van der Waals surface area (Å²) in [6.07, 6.45) is 4.85. The summed E-state index contributed by atoms with van der Waals surface area (Å²) < 4.78 is 0. The van der Waals surface area contributed by atoms with E-state index in [0.717, 1.165) is 52.4 Å². The molecule has 2 N–H and O–H groups in total. The van der Waals surface area contributed by atoms with Gasteiger partial charge in [0.25, 0.3) is 0 Å². The summed E-state index contributed by atoms with van der Waals surface area (Å²) in [5, 5.41) is 37.2. The summed E-state index contributed by atoms with van der Waals surface area (Å²) in [5.74, 6) is -2.17. The minimum atomic E-state index is -1.08. The molecule has 3 aliphatic carbocycles. The Hall–Kier alpha value is -1.14. The van der Waals surface area contributed by atoms with Crippen molar-refractivity contribution in [1.29, 1.82) is 0 Å². The van der Waals surface area contributed by atoms with Crippen LogP contribution in [0.2, 0.25) is 0 Å². The van der Waals surface area contributed by atoms with E-state index >= 15 is 0 Å². The first-order chi connectivity index (χ1) is 8.09. The molecule has 18 heavy (non-hydrogen) atoms.